The van der Waals surface area contributed by atoms with Crippen LogP contribution in [0.2, 0.25) is 0 Å². The fourth-order valence-electron chi connectivity index (χ4n) is 4.15. The molecule has 4 nitrogen and oxygen atoms in total. The van der Waals surface area contributed by atoms with Crippen LogP contribution in [-0.2, 0) is 17.8 Å². The van der Waals surface area contributed by atoms with E-state index < -0.39 is 0 Å². The fraction of sp³-hybridized carbons (Fsp3) is 0.259. The molecule has 1 atom stereocenters. The van der Waals surface area contributed by atoms with Crippen molar-refractivity contribution < 1.29 is 4.79 Å². The Morgan fingerprint density at radius 1 is 1.03 bits per heavy atom. The number of nitrogens with one attached hydrogen (secondary N) is 1. The van der Waals surface area contributed by atoms with Crippen LogP contribution in [0.4, 0.5) is 0 Å². The lowest BCUT2D eigenvalue weighted by atomic mass is 9.87. The lowest BCUT2D eigenvalue weighted by molar-refractivity contribution is -0.121. The van der Waals surface area contributed by atoms with Crippen LogP contribution in [0.3, 0.4) is 0 Å². The van der Waals surface area contributed by atoms with E-state index in [4.69, 9.17) is 0 Å². The van der Waals surface area contributed by atoms with Crippen molar-refractivity contribution in [3.63, 3.8) is 0 Å². The zero-order valence-electron chi connectivity index (χ0n) is 18.2. The molecule has 0 radical (unpaired) electrons. The van der Waals surface area contributed by atoms with Gasteiger partial charge >= 0.3 is 0 Å². The largest absolute Gasteiger partial charge is 0.356 e. The van der Waals surface area contributed by atoms with Gasteiger partial charge in [0.2, 0.25) is 5.91 Å². The second kappa shape index (κ2) is 9.61. The summed E-state index contributed by atoms with van der Waals surface area (Å²) >= 11 is 0. The third kappa shape index (κ3) is 4.85. The maximum Gasteiger partial charge on any atom is 0.220 e. The monoisotopic (exact) mass is 411 g/mol. The van der Waals surface area contributed by atoms with E-state index in [2.05, 4.69) is 83.4 Å². The Morgan fingerprint density at radius 3 is 2.55 bits per heavy atom. The highest BCUT2D eigenvalue weighted by Gasteiger charge is 2.22. The van der Waals surface area contributed by atoms with E-state index in [1.807, 2.05) is 18.2 Å². The van der Waals surface area contributed by atoms with Crippen LogP contribution in [0.5, 0.6) is 0 Å². The molecule has 0 spiro atoms. The molecule has 31 heavy (non-hydrogen) atoms. The molecule has 0 aliphatic rings. The number of amides is 1. The van der Waals surface area contributed by atoms with Crippen molar-refractivity contribution in [2.75, 3.05) is 6.54 Å². The molecule has 2 heterocycles. The molecule has 1 amide bonds. The SMILES string of the molecule is CCn1cc(C(CC(=O)NCCc2ccccn2)c2ccc(C)cc2)c2ccccc21. The molecule has 4 heteroatoms. The molecule has 1 unspecified atom stereocenters. The average molecular weight is 412 g/mol. The van der Waals surface area contributed by atoms with Crippen molar-refractivity contribution in [1.29, 1.82) is 0 Å². The second-order valence-corrected chi connectivity index (χ2v) is 7.98. The van der Waals surface area contributed by atoms with Gasteiger partial charge < -0.3 is 9.88 Å². The Morgan fingerprint density at radius 2 is 1.81 bits per heavy atom. The van der Waals surface area contributed by atoms with E-state index in [1.54, 1.807) is 6.20 Å². The van der Waals surface area contributed by atoms with Crippen molar-refractivity contribution in [1.82, 2.24) is 14.9 Å². The van der Waals surface area contributed by atoms with Crippen molar-refractivity contribution >= 4 is 16.8 Å². The third-order valence-electron chi connectivity index (χ3n) is 5.83. The molecule has 0 fully saturated rings. The predicted molar refractivity (Wildman–Crippen MR) is 126 cm³/mol. The molecular weight excluding hydrogens is 382 g/mol. The lowest BCUT2D eigenvalue weighted by Crippen LogP contribution is -2.27. The summed E-state index contributed by atoms with van der Waals surface area (Å²) in [5.41, 5.74) is 5.81. The number of pyridine rings is 1. The van der Waals surface area contributed by atoms with Crippen molar-refractivity contribution in [3.8, 4) is 0 Å². The van der Waals surface area contributed by atoms with Crippen LogP contribution in [0.15, 0.2) is 79.1 Å². The first-order valence-corrected chi connectivity index (χ1v) is 11.0. The van der Waals surface area contributed by atoms with Gasteiger partial charge in [-0.2, -0.15) is 0 Å². The van der Waals surface area contributed by atoms with E-state index >= 15 is 0 Å². The van der Waals surface area contributed by atoms with Crippen molar-refractivity contribution in [2.24, 2.45) is 0 Å². The van der Waals surface area contributed by atoms with Crippen LogP contribution in [-0.4, -0.2) is 22.0 Å². The van der Waals surface area contributed by atoms with Crippen molar-refractivity contribution in [3.05, 3.63) is 102 Å². The molecule has 0 saturated heterocycles. The summed E-state index contributed by atoms with van der Waals surface area (Å²) < 4.78 is 2.27. The van der Waals surface area contributed by atoms with Gasteiger partial charge in [0.05, 0.1) is 0 Å². The van der Waals surface area contributed by atoms with E-state index in [9.17, 15) is 4.79 Å². The number of para-hydroxylation sites is 1. The molecule has 4 aromatic rings. The highest BCUT2D eigenvalue weighted by molar-refractivity contribution is 5.86. The quantitative estimate of drug-likeness (QED) is 0.431. The number of aromatic nitrogens is 2. The van der Waals surface area contributed by atoms with Crippen LogP contribution in [0.1, 0.15) is 41.6 Å². The van der Waals surface area contributed by atoms with Crippen LogP contribution >= 0.6 is 0 Å². The standard InChI is InChI=1S/C27H29N3O/c1-3-30-19-25(23-9-4-5-10-26(23)30)24(21-13-11-20(2)12-14-21)18-27(31)29-17-15-22-8-6-7-16-28-22/h4-14,16,19,24H,3,15,17-18H2,1-2H3,(H,29,31). The first-order valence-electron chi connectivity index (χ1n) is 11.0. The Labute approximate surface area is 183 Å². The van der Waals surface area contributed by atoms with Gasteiger partial charge in [0, 0.05) is 60.8 Å². The zero-order valence-corrected chi connectivity index (χ0v) is 18.2. The minimum Gasteiger partial charge on any atom is -0.356 e. The van der Waals surface area contributed by atoms with Crippen molar-refractivity contribution in [2.45, 2.75) is 39.2 Å². The Balaban J connectivity index is 1.58. The molecule has 0 aliphatic heterocycles. The Hall–Kier alpha value is -3.40. The third-order valence-corrected chi connectivity index (χ3v) is 5.83. The molecule has 158 valence electrons. The molecule has 0 bridgehead atoms. The number of hydrogen-bond acceptors (Lipinski definition) is 2. The highest BCUT2D eigenvalue weighted by Crippen LogP contribution is 2.35. The normalized spacial score (nSPS) is 12.1. The molecular formula is C27H29N3O. The minimum atomic E-state index is 0.00755. The first-order chi connectivity index (χ1) is 15.2. The highest BCUT2D eigenvalue weighted by atomic mass is 16.1. The Kier molecular flexibility index (Phi) is 6.46. The number of rotatable bonds is 8. The summed E-state index contributed by atoms with van der Waals surface area (Å²) in [4.78, 5) is 17.3. The van der Waals surface area contributed by atoms with Gasteiger partial charge in [-0.1, -0.05) is 54.1 Å². The van der Waals surface area contributed by atoms with E-state index in [1.165, 1.54) is 27.6 Å². The Bertz CT molecular complexity index is 1150. The summed E-state index contributed by atoms with van der Waals surface area (Å²) in [5.74, 6) is 0.0722. The number of carbonyl (C=O) groups is 1. The second-order valence-electron chi connectivity index (χ2n) is 7.98. The molecule has 0 saturated carbocycles. The van der Waals surface area contributed by atoms with E-state index in [-0.39, 0.29) is 11.8 Å². The van der Waals surface area contributed by atoms with Crippen LogP contribution in [0, 0.1) is 6.92 Å². The maximum absolute atomic E-state index is 12.9. The van der Waals surface area contributed by atoms with Gasteiger partial charge in [-0.15, -0.1) is 0 Å². The molecule has 0 aliphatic carbocycles. The number of fused-ring (bicyclic) bond motifs is 1. The van der Waals surface area contributed by atoms with Crippen LogP contribution in [0.25, 0.3) is 10.9 Å². The van der Waals surface area contributed by atoms with Gasteiger partial charge in [-0.05, 0) is 43.2 Å². The summed E-state index contributed by atoms with van der Waals surface area (Å²) in [6, 6.07) is 22.9. The molecule has 2 aromatic carbocycles. The maximum atomic E-state index is 12.9. The van der Waals surface area contributed by atoms with Crippen LogP contribution < -0.4 is 5.32 Å². The number of aryl methyl sites for hydroxylation is 2. The van der Waals surface area contributed by atoms with Gasteiger partial charge in [0.1, 0.15) is 0 Å². The smallest absolute Gasteiger partial charge is 0.220 e. The van der Waals surface area contributed by atoms with Gasteiger partial charge in [0.25, 0.3) is 0 Å². The number of nitrogens with zero attached hydrogens (tertiary/aromatic N) is 2. The lowest BCUT2D eigenvalue weighted by Gasteiger charge is -2.17. The summed E-state index contributed by atoms with van der Waals surface area (Å²) in [5, 5.41) is 4.31. The van der Waals surface area contributed by atoms with E-state index in [0.29, 0.717) is 13.0 Å². The topological polar surface area (TPSA) is 46.9 Å². The molecule has 2 aromatic heterocycles. The minimum absolute atomic E-state index is 0.00755. The van der Waals surface area contributed by atoms with Gasteiger partial charge in [0.15, 0.2) is 0 Å². The number of carbonyl (C=O) groups excluding carboxylic acids is 1. The zero-order chi connectivity index (χ0) is 21.6. The average Bonchev–Trinajstić information content (AvgIpc) is 3.17. The van der Waals surface area contributed by atoms with Gasteiger partial charge in [-0.3, -0.25) is 9.78 Å². The summed E-state index contributed by atoms with van der Waals surface area (Å²) in [6.07, 6.45) is 5.16. The summed E-state index contributed by atoms with van der Waals surface area (Å²) in [6.45, 7) is 5.73. The molecule has 1 N–H and O–H groups in total. The molecule has 4 rings (SSSR count). The number of benzene rings is 2. The summed E-state index contributed by atoms with van der Waals surface area (Å²) in [7, 11) is 0. The van der Waals surface area contributed by atoms with Gasteiger partial charge in [-0.25, -0.2) is 0 Å². The number of hydrogen-bond donors (Lipinski definition) is 1. The predicted octanol–water partition coefficient (Wildman–Crippen LogP) is 5.25. The van der Waals surface area contributed by atoms with E-state index in [0.717, 1.165) is 18.7 Å². The fourth-order valence-corrected chi connectivity index (χ4v) is 4.15. The first kappa shape index (κ1) is 20.9.